The first-order chi connectivity index (χ1) is 22.5. The van der Waals surface area contributed by atoms with Crippen molar-refractivity contribution in [3.63, 3.8) is 0 Å². The summed E-state index contributed by atoms with van der Waals surface area (Å²) in [5.41, 5.74) is 10.5. The standard InChI is InChI=1S/C38H22Br2S6/c1-19-15-21-22(33-31(19)35-23(17-29(39)45-35)37(33,25-7-3-11-41-25)26-8-4-12-42-26)16-20(2)32-34(21)38(27-9-5-13-43-27,28-10-6-14-44-28)24-18-30(40)46-36(24)32/h3-18H,1-2H3. The highest BCUT2D eigenvalue weighted by Crippen LogP contribution is 2.67. The van der Waals surface area contributed by atoms with Gasteiger partial charge in [0.1, 0.15) is 0 Å². The lowest BCUT2D eigenvalue weighted by Crippen LogP contribution is -2.28. The molecular weight excluding hydrogens is 809 g/mol. The summed E-state index contributed by atoms with van der Waals surface area (Å²) in [6.45, 7) is 4.69. The van der Waals surface area contributed by atoms with Gasteiger partial charge in [-0.3, -0.25) is 0 Å². The van der Waals surface area contributed by atoms with E-state index in [1.165, 1.54) is 92.1 Å². The SMILES string of the molecule is Cc1cc2c3c(c(C)cc2c2c1-c1sc(Br)cc1C2(c1cccs1)c1cccs1)-c1sc(Br)cc1C3(c1cccs1)c1cccs1. The Morgan fingerprint density at radius 1 is 0.500 bits per heavy atom. The van der Waals surface area contributed by atoms with Gasteiger partial charge < -0.3 is 0 Å². The second kappa shape index (κ2) is 10.2. The molecule has 6 heterocycles. The van der Waals surface area contributed by atoms with Crippen LogP contribution >= 0.6 is 99.9 Å². The van der Waals surface area contributed by atoms with E-state index in [4.69, 9.17) is 0 Å². The van der Waals surface area contributed by atoms with Gasteiger partial charge in [0.25, 0.3) is 0 Å². The molecule has 46 heavy (non-hydrogen) atoms. The maximum absolute atomic E-state index is 3.92. The van der Waals surface area contributed by atoms with Gasteiger partial charge in [-0.05, 0) is 148 Å². The molecule has 2 aliphatic carbocycles. The Bertz CT molecular complexity index is 2210. The van der Waals surface area contributed by atoms with Crippen LogP contribution < -0.4 is 0 Å². The summed E-state index contributed by atoms with van der Waals surface area (Å²) in [4.78, 5) is 8.33. The Labute approximate surface area is 307 Å². The zero-order chi connectivity index (χ0) is 30.9. The van der Waals surface area contributed by atoms with E-state index >= 15 is 0 Å². The van der Waals surface area contributed by atoms with Crippen molar-refractivity contribution in [3.05, 3.63) is 155 Å². The van der Waals surface area contributed by atoms with Gasteiger partial charge in [0.15, 0.2) is 0 Å². The van der Waals surface area contributed by atoms with Gasteiger partial charge in [0, 0.05) is 40.4 Å². The predicted octanol–water partition coefficient (Wildman–Crippen LogP) is 14.1. The lowest BCUT2D eigenvalue weighted by molar-refractivity contribution is 0.810. The molecule has 0 radical (unpaired) electrons. The van der Waals surface area contributed by atoms with Crippen LogP contribution in [0.2, 0.25) is 0 Å². The number of hydrogen-bond donors (Lipinski definition) is 0. The first kappa shape index (κ1) is 28.8. The Balaban J connectivity index is 1.45. The van der Waals surface area contributed by atoms with Crippen LogP contribution in [0.1, 0.15) is 52.9 Å². The minimum Gasteiger partial charge on any atom is -0.147 e. The van der Waals surface area contributed by atoms with Crippen molar-refractivity contribution >= 4 is 111 Å². The number of rotatable bonds is 4. The molecule has 224 valence electrons. The summed E-state index contributed by atoms with van der Waals surface area (Å²) in [5, 5.41) is 11.8. The van der Waals surface area contributed by atoms with Crippen molar-refractivity contribution in [1.82, 2.24) is 0 Å². The summed E-state index contributed by atoms with van der Waals surface area (Å²) >= 11 is 19.1. The second-order valence-electron chi connectivity index (χ2n) is 12.0. The van der Waals surface area contributed by atoms with Crippen LogP contribution in [-0.2, 0) is 10.8 Å². The molecule has 0 bridgehead atoms. The van der Waals surface area contributed by atoms with E-state index in [2.05, 4.69) is 140 Å². The van der Waals surface area contributed by atoms with Gasteiger partial charge in [0.2, 0.25) is 0 Å². The molecule has 8 heteroatoms. The quantitative estimate of drug-likeness (QED) is 0.166. The van der Waals surface area contributed by atoms with Crippen LogP contribution in [0.5, 0.6) is 0 Å². The third kappa shape index (κ3) is 3.47. The van der Waals surface area contributed by atoms with Crippen molar-refractivity contribution in [2.45, 2.75) is 24.7 Å². The fraction of sp³-hybridized carbons (Fsp3) is 0.105. The summed E-state index contributed by atoms with van der Waals surface area (Å²) in [6.07, 6.45) is 0. The molecule has 0 aliphatic heterocycles. The molecule has 10 rings (SSSR count). The molecule has 2 aromatic carbocycles. The Hall–Kier alpha value is -2.14. The molecule has 0 N–H and O–H groups in total. The topological polar surface area (TPSA) is 0 Å². The largest absolute Gasteiger partial charge is 0.147 e. The van der Waals surface area contributed by atoms with Crippen molar-refractivity contribution in [2.75, 3.05) is 0 Å². The molecule has 0 spiro atoms. The normalized spacial score (nSPS) is 15.3. The fourth-order valence-electron chi connectivity index (χ4n) is 8.33. The summed E-state index contributed by atoms with van der Waals surface area (Å²) < 4.78 is 2.38. The molecule has 0 unspecified atom stereocenters. The molecule has 0 atom stereocenters. The zero-order valence-electron chi connectivity index (χ0n) is 24.4. The lowest BCUT2D eigenvalue weighted by Gasteiger charge is -2.34. The minimum absolute atomic E-state index is 0.374. The van der Waals surface area contributed by atoms with Crippen LogP contribution in [0.3, 0.4) is 0 Å². The average Bonchev–Trinajstić information content (AvgIpc) is 3.88. The Morgan fingerprint density at radius 3 is 1.15 bits per heavy atom. The summed E-state index contributed by atoms with van der Waals surface area (Å²) in [6, 6.07) is 28.2. The van der Waals surface area contributed by atoms with Gasteiger partial charge in [-0.1, -0.05) is 36.4 Å². The van der Waals surface area contributed by atoms with Crippen LogP contribution in [0.25, 0.3) is 31.7 Å². The maximum atomic E-state index is 3.92. The van der Waals surface area contributed by atoms with E-state index in [-0.39, 0.29) is 10.8 Å². The molecule has 6 aromatic heterocycles. The predicted molar refractivity (Wildman–Crippen MR) is 211 cm³/mol. The van der Waals surface area contributed by atoms with Crippen LogP contribution in [-0.4, -0.2) is 0 Å². The van der Waals surface area contributed by atoms with Gasteiger partial charge in [-0.25, -0.2) is 0 Å². The van der Waals surface area contributed by atoms with Crippen LogP contribution in [0, 0.1) is 13.8 Å². The van der Waals surface area contributed by atoms with E-state index in [1.54, 1.807) is 0 Å². The molecule has 0 fully saturated rings. The van der Waals surface area contributed by atoms with Crippen LogP contribution in [0.15, 0.2) is 102 Å². The number of hydrogen-bond acceptors (Lipinski definition) is 6. The molecule has 0 nitrogen and oxygen atoms in total. The average molecular weight is 831 g/mol. The van der Waals surface area contributed by atoms with Gasteiger partial charge in [-0.15, -0.1) is 68.0 Å². The highest BCUT2D eigenvalue weighted by molar-refractivity contribution is 9.11. The van der Waals surface area contributed by atoms with Crippen molar-refractivity contribution in [1.29, 1.82) is 0 Å². The number of benzene rings is 2. The molecule has 0 amide bonds. The third-order valence-electron chi connectivity index (χ3n) is 9.82. The maximum Gasteiger partial charge on any atom is 0.0914 e. The van der Waals surface area contributed by atoms with E-state index in [0.29, 0.717) is 0 Å². The van der Waals surface area contributed by atoms with E-state index in [9.17, 15) is 0 Å². The Morgan fingerprint density at radius 2 is 0.848 bits per heavy atom. The zero-order valence-corrected chi connectivity index (χ0v) is 32.5. The summed E-state index contributed by atoms with van der Waals surface area (Å²) in [7, 11) is 0. The van der Waals surface area contributed by atoms with E-state index < -0.39 is 0 Å². The number of aryl methyl sites for hydroxylation is 2. The molecule has 8 aromatic rings. The van der Waals surface area contributed by atoms with Gasteiger partial charge >= 0.3 is 0 Å². The monoisotopic (exact) mass is 828 g/mol. The number of fused-ring (bicyclic) bond motifs is 9. The highest BCUT2D eigenvalue weighted by atomic mass is 79.9. The van der Waals surface area contributed by atoms with Crippen molar-refractivity contribution in [2.24, 2.45) is 0 Å². The highest BCUT2D eigenvalue weighted by Gasteiger charge is 2.54. The summed E-state index contributed by atoms with van der Waals surface area (Å²) in [5.74, 6) is 0. The van der Waals surface area contributed by atoms with Gasteiger partial charge in [-0.2, -0.15) is 0 Å². The van der Waals surface area contributed by atoms with E-state index in [1.807, 2.05) is 68.0 Å². The second-order valence-corrected chi connectivity index (χ2v) is 20.6. The first-order valence-electron chi connectivity index (χ1n) is 14.8. The fourth-order valence-corrected chi connectivity index (χ4v) is 15.8. The molecule has 2 aliphatic rings. The molecule has 0 saturated carbocycles. The van der Waals surface area contributed by atoms with Crippen molar-refractivity contribution in [3.8, 4) is 20.9 Å². The minimum atomic E-state index is -0.374. The van der Waals surface area contributed by atoms with Crippen LogP contribution in [0.4, 0.5) is 0 Å². The smallest absolute Gasteiger partial charge is 0.0914 e. The van der Waals surface area contributed by atoms with Crippen molar-refractivity contribution < 1.29 is 0 Å². The third-order valence-corrected chi connectivity index (χ3v) is 17.1. The Kier molecular flexibility index (Phi) is 6.39. The molecule has 0 saturated heterocycles. The molecular formula is C38H22Br2S6. The van der Waals surface area contributed by atoms with E-state index in [0.717, 1.165) is 0 Å². The van der Waals surface area contributed by atoms with Gasteiger partial charge in [0.05, 0.1) is 18.4 Å². The number of halogens is 2. The number of thiophene rings is 6. The first-order valence-corrected chi connectivity index (χ1v) is 21.6. The lowest BCUT2D eigenvalue weighted by atomic mass is 9.70.